The first-order chi connectivity index (χ1) is 9.59. The highest BCUT2D eigenvalue weighted by atomic mass is 32.2. The van der Waals surface area contributed by atoms with Crippen LogP contribution in [0.25, 0.3) is 0 Å². The molecule has 6 heteroatoms. The molecule has 1 aliphatic carbocycles. The van der Waals surface area contributed by atoms with Crippen molar-refractivity contribution < 1.29 is 8.42 Å². The maximum absolute atomic E-state index is 12.8. The maximum atomic E-state index is 12.8. The highest BCUT2D eigenvalue weighted by molar-refractivity contribution is 7.89. The van der Waals surface area contributed by atoms with E-state index in [1.165, 1.54) is 12.6 Å². The number of nitrogens with two attached hydrogens (primary N) is 1. The van der Waals surface area contributed by atoms with Crippen molar-refractivity contribution in [3.8, 4) is 0 Å². The number of nitrogens with zero attached hydrogens (tertiary/aromatic N) is 2. The lowest BCUT2D eigenvalue weighted by atomic mass is 9.79. The molecule has 3 rings (SSSR count). The second kappa shape index (κ2) is 5.33. The van der Waals surface area contributed by atoms with E-state index in [0.717, 1.165) is 32.1 Å². The molecule has 1 aromatic heterocycles. The van der Waals surface area contributed by atoms with Gasteiger partial charge in [-0.15, -0.1) is 0 Å². The van der Waals surface area contributed by atoms with Crippen LogP contribution < -0.4 is 5.73 Å². The van der Waals surface area contributed by atoms with Gasteiger partial charge in [0.2, 0.25) is 10.0 Å². The molecule has 1 saturated heterocycles. The number of fused-ring (bicyclic) bond motifs is 1. The van der Waals surface area contributed by atoms with Gasteiger partial charge in [0.1, 0.15) is 10.7 Å². The van der Waals surface area contributed by atoms with Crippen molar-refractivity contribution in [2.75, 3.05) is 12.3 Å². The van der Waals surface area contributed by atoms with Gasteiger partial charge in [-0.25, -0.2) is 13.4 Å². The van der Waals surface area contributed by atoms with Crippen molar-refractivity contribution >= 4 is 15.8 Å². The van der Waals surface area contributed by atoms with Crippen LogP contribution in [-0.4, -0.2) is 30.3 Å². The van der Waals surface area contributed by atoms with E-state index in [1.807, 2.05) is 0 Å². The SMILES string of the molecule is Nc1ccc(S(=O)(=O)N2CCC[C@H]3CCCC[C@H]32)cn1. The monoisotopic (exact) mass is 295 g/mol. The normalized spacial score (nSPS) is 28.0. The number of pyridine rings is 1. The first-order valence-electron chi connectivity index (χ1n) is 7.32. The lowest BCUT2D eigenvalue weighted by Crippen LogP contribution is -2.49. The van der Waals surface area contributed by atoms with E-state index in [2.05, 4.69) is 4.98 Å². The number of hydrogen-bond donors (Lipinski definition) is 1. The Bertz CT molecular complexity index is 569. The van der Waals surface area contributed by atoms with Crippen LogP contribution >= 0.6 is 0 Å². The van der Waals surface area contributed by atoms with Crippen LogP contribution in [0.1, 0.15) is 38.5 Å². The summed E-state index contributed by atoms with van der Waals surface area (Å²) in [4.78, 5) is 4.18. The molecule has 2 N–H and O–H groups in total. The molecule has 110 valence electrons. The topological polar surface area (TPSA) is 76.3 Å². The Hall–Kier alpha value is -1.14. The minimum Gasteiger partial charge on any atom is -0.384 e. The highest BCUT2D eigenvalue weighted by Crippen LogP contribution is 2.37. The Kier molecular flexibility index (Phi) is 3.69. The summed E-state index contributed by atoms with van der Waals surface area (Å²) in [6, 6.07) is 3.29. The fraction of sp³-hybridized carbons (Fsp3) is 0.643. The van der Waals surface area contributed by atoms with Gasteiger partial charge in [0.25, 0.3) is 0 Å². The van der Waals surface area contributed by atoms with Gasteiger partial charge < -0.3 is 5.73 Å². The first-order valence-corrected chi connectivity index (χ1v) is 8.76. The molecule has 0 aromatic carbocycles. The molecule has 1 aromatic rings. The summed E-state index contributed by atoms with van der Waals surface area (Å²) in [6.45, 7) is 0.633. The van der Waals surface area contributed by atoms with Crippen molar-refractivity contribution in [1.82, 2.24) is 9.29 Å². The number of aromatic nitrogens is 1. The van der Waals surface area contributed by atoms with E-state index >= 15 is 0 Å². The van der Waals surface area contributed by atoms with Crippen LogP contribution in [0.15, 0.2) is 23.2 Å². The van der Waals surface area contributed by atoms with Gasteiger partial charge in [-0.05, 0) is 43.7 Å². The molecule has 0 radical (unpaired) electrons. The van der Waals surface area contributed by atoms with Gasteiger partial charge in [-0.2, -0.15) is 4.31 Å². The largest absolute Gasteiger partial charge is 0.384 e. The van der Waals surface area contributed by atoms with E-state index in [9.17, 15) is 8.42 Å². The van der Waals surface area contributed by atoms with Crippen LogP contribution in [-0.2, 0) is 10.0 Å². The zero-order chi connectivity index (χ0) is 14.2. The standard InChI is InChI=1S/C14H21N3O2S/c15-14-8-7-12(10-16-14)20(18,19)17-9-3-5-11-4-1-2-6-13(11)17/h7-8,10-11,13H,1-6,9H2,(H2,15,16)/t11-,13-/m1/s1. The zero-order valence-electron chi connectivity index (χ0n) is 11.5. The molecule has 0 amide bonds. The van der Waals surface area contributed by atoms with Crippen LogP contribution in [0.5, 0.6) is 0 Å². The molecule has 1 aliphatic heterocycles. The minimum atomic E-state index is -3.43. The summed E-state index contributed by atoms with van der Waals surface area (Å²) in [7, 11) is -3.43. The van der Waals surface area contributed by atoms with Gasteiger partial charge in [0, 0.05) is 18.8 Å². The average molecular weight is 295 g/mol. The number of anilines is 1. The van der Waals surface area contributed by atoms with Crippen molar-refractivity contribution in [3.05, 3.63) is 18.3 Å². The van der Waals surface area contributed by atoms with Crippen LogP contribution in [0.2, 0.25) is 0 Å². The summed E-state index contributed by atoms with van der Waals surface area (Å²) in [5.41, 5.74) is 5.54. The Morgan fingerprint density at radius 2 is 1.90 bits per heavy atom. The smallest absolute Gasteiger partial charge is 0.244 e. The van der Waals surface area contributed by atoms with Crippen LogP contribution in [0, 0.1) is 5.92 Å². The molecule has 20 heavy (non-hydrogen) atoms. The zero-order valence-corrected chi connectivity index (χ0v) is 12.3. The summed E-state index contributed by atoms with van der Waals surface area (Å²) >= 11 is 0. The number of hydrogen-bond acceptors (Lipinski definition) is 4. The van der Waals surface area contributed by atoms with E-state index in [-0.39, 0.29) is 10.9 Å². The van der Waals surface area contributed by atoms with Gasteiger partial charge in [0.15, 0.2) is 0 Å². The average Bonchev–Trinajstić information content (AvgIpc) is 2.47. The quantitative estimate of drug-likeness (QED) is 0.905. The Balaban J connectivity index is 1.91. The third-order valence-electron chi connectivity index (χ3n) is 4.56. The molecule has 2 heterocycles. The molecular weight excluding hydrogens is 274 g/mol. The lowest BCUT2D eigenvalue weighted by Gasteiger charge is -2.43. The predicted octanol–water partition coefficient (Wildman–Crippen LogP) is 2.01. The molecule has 0 spiro atoms. The van der Waals surface area contributed by atoms with Crippen LogP contribution in [0.3, 0.4) is 0 Å². The van der Waals surface area contributed by atoms with E-state index in [4.69, 9.17) is 5.73 Å². The first kappa shape index (κ1) is 13.8. The summed E-state index contributed by atoms with van der Waals surface area (Å²) in [6.07, 6.45) is 8.02. The van der Waals surface area contributed by atoms with Gasteiger partial charge in [-0.3, -0.25) is 0 Å². The highest BCUT2D eigenvalue weighted by Gasteiger charge is 2.39. The number of rotatable bonds is 2. The molecule has 0 unspecified atom stereocenters. The predicted molar refractivity (Wildman–Crippen MR) is 77.5 cm³/mol. The Labute approximate surface area is 120 Å². The lowest BCUT2D eigenvalue weighted by molar-refractivity contribution is 0.129. The number of sulfonamides is 1. The fourth-order valence-electron chi connectivity index (χ4n) is 3.56. The van der Waals surface area contributed by atoms with Crippen molar-refractivity contribution in [2.45, 2.75) is 49.5 Å². The summed E-state index contributed by atoms with van der Waals surface area (Å²) in [5.74, 6) is 0.882. The van der Waals surface area contributed by atoms with Gasteiger partial charge in [-0.1, -0.05) is 12.8 Å². The minimum absolute atomic E-state index is 0.181. The second-order valence-corrected chi connectivity index (χ2v) is 7.68. The summed E-state index contributed by atoms with van der Waals surface area (Å²) in [5, 5.41) is 0. The number of piperidine rings is 1. The maximum Gasteiger partial charge on any atom is 0.244 e. The second-order valence-electron chi connectivity index (χ2n) is 5.79. The molecule has 0 bridgehead atoms. The molecule has 2 fully saturated rings. The molecule has 5 nitrogen and oxygen atoms in total. The van der Waals surface area contributed by atoms with E-state index < -0.39 is 10.0 Å². The van der Waals surface area contributed by atoms with E-state index in [1.54, 1.807) is 16.4 Å². The summed E-state index contributed by atoms with van der Waals surface area (Å²) < 4.78 is 27.3. The number of nitrogen functional groups attached to an aromatic ring is 1. The van der Waals surface area contributed by atoms with E-state index in [0.29, 0.717) is 18.3 Å². The Morgan fingerprint density at radius 1 is 1.15 bits per heavy atom. The van der Waals surface area contributed by atoms with Gasteiger partial charge >= 0.3 is 0 Å². The fourth-order valence-corrected chi connectivity index (χ4v) is 5.26. The van der Waals surface area contributed by atoms with Crippen molar-refractivity contribution in [3.63, 3.8) is 0 Å². The molecule has 2 atom stereocenters. The molecule has 2 aliphatic rings. The van der Waals surface area contributed by atoms with Crippen molar-refractivity contribution in [2.24, 2.45) is 5.92 Å². The third-order valence-corrected chi connectivity index (χ3v) is 6.47. The van der Waals surface area contributed by atoms with Gasteiger partial charge in [0.05, 0.1) is 0 Å². The van der Waals surface area contributed by atoms with Crippen molar-refractivity contribution in [1.29, 1.82) is 0 Å². The molecular formula is C14H21N3O2S. The Morgan fingerprint density at radius 3 is 2.65 bits per heavy atom. The molecule has 1 saturated carbocycles. The third kappa shape index (κ3) is 2.42. The van der Waals surface area contributed by atoms with Crippen LogP contribution in [0.4, 0.5) is 5.82 Å².